The van der Waals surface area contributed by atoms with Gasteiger partial charge in [-0.25, -0.2) is 14.4 Å². The monoisotopic (exact) mass is 295 g/mol. The Labute approximate surface area is 124 Å². The van der Waals surface area contributed by atoms with Gasteiger partial charge in [0, 0.05) is 18.6 Å². The number of aliphatic imine (C=N–C) groups is 1. The summed E-state index contributed by atoms with van der Waals surface area (Å²) in [6, 6.07) is -0.889. The van der Waals surface area contributed by atoms with Crippen molar-refractivity contribution in [3.8, 4) is 0 Å². The molecule has 0 rings (SSSR count). The topological polar surface area (TPSA) is 82.0 Å². The first kappa shape index (κ1) is 18.8. The number of hydrogen-bond donors (Lipinski definition) is 0. The van der Waals surface area contributed by atoms with Crippen LogP contribution in [0.4, 0.5) is 0 Å². The molecule has 0 spiro atoms. The zero-order valence-corrected chi connectivity index (χ0v) is 12.5. The molecule has 0 heterocycles. The van der Waals surface area contributed by atoms with Crippen LogP contribution < -0.4 is 0 Å². The molecule has 1 atom stereocenters. The average Bonchev–Trinajstić information content (AvgIpc) is 2.47. The second-order valence-electron chi connectivity index (χ2n) is 4.42. The normalized spacial score (nSPS) is 11.7. The highest BCUT2D eigenvalue weighted by Crippen LogP contribution is 2.28. The smallest absolute Gasteiger partial charge is 0.333 e. The first-order valence-electron chi connectivity index (χ1n) is 6.73. The molecule has 0 aromatic heterocycles. The molecule has 0 N–H and O–H groups in total. The van der Waals surface area contributed by atoms with E-state index in [4.69, 9.17) is 9.47 Å². The summed E-state index contributed by atoms with van der Waals surface area (Å²) in [5, 5.41) is 0. The lowest BCUT2D eigenvalue weighted by atomic mass is 10.0. The van der Waals surface area contributed by atoms with E-state index in [1.54, 1.807) is 0 Å². The second kappa shape index (κ2) is 9.66. The van der Waals surface area contributed by atoms with Gasteiger partial charge in [0.15, 0.2) is 0 Å². The molecule has 0 radical (unpaired) electrons. The Morgan fingerprint density at radius 3 is 2.14 bits per heavy atom. The molecular formula is C15H21NO5. The minimum absolute atomic E-state index is 0.215. The summed E-state index contributed by atoms with van der Waals surface area (Å²) in [4.78, 5) is 37.1. The highest BCUT2D eigenvalue weighted by molar-refractivity contribution is 5.83. The molecule has 116 valence electrons. The molecule has 0 saturated heterocycles. The SMILES string of the molecule is C=CC(=O)OC(CCCCC)(OC(=O)C=C)C(C)N=C=O. The van der Waals surface area contributed by atoms with Crippen molar-refractivity contribution < 1.29 is 23.9 Å². The van der Waals surface area contributed by atoms with Gasteiger partial charge in [0.2, 0.25) is 6.08 Å². The van der Waals surface area contributed by atoms with Crippen molar-refractivity contribution in [1.82, 2.24) is 0 Å². The van der Waals surface area contributed by atoms with Crippen molar-refractivity contribution in [2.45, 2.75) is 51.4 Å². The summed E-state index contributed by atoms with van der Waals surface area (Å²) in [6.45, 7) is 10.1. The van der Waals surface area contributed by atoms with Gasteiger partial charge in [-0.05, 0) is 13.3 Å². The number of unbranched alkanes of at least 4 members (excludes halogenated alkanes) is 2. The molecule has 6 nitrogen and oxygen atoms in total. The Bertz CT molecular complexity index is 415. The molecule has 0 aliphatic heterocycles. The molecule has 0 amide bonds. The maximum atomic E-state index is 11.5. The van der Waals surface area contributed by atoms with Gasteiger partial charge < -0.3 is 9.47 Å². The predicted octanol–water partition coefficient (Wildman–Crippen LogP) is 2.45. The largest absolute Gasteiger partial charge is 0.417 e. The third-order valence-corrected chi connectivity index (χ3v) is 2.89. The summed E-state index contributed by atoms with van der Waals surface area (Å²) in [5.74, 6) is -3.20. The number of carbonyl (C=O) groups excluding carboxylic acids is 3. The van der Waals surface area contributed by atoms with E-state index in [1.165, 1.54) is 13.0 Å². The van der Waals surface area contributed by atoms with Crippen molar-refractivity contribution in [2.24, 2.45) is 4.99 Å². The van der Waals surface area contributed by atoms with Crippen molar-refractivity contribution in [3.05, 3.63) is 25.3 Å². The fourth-order valence-corrected chi connectivity index (χ4v) is 1.73. The number of carbonyl (C=O) groups is 2. The van der Waals surface area contributed by atoms with Gasteiger partial charge in [-0.3, -0.25) is 0 Å². The number of nitrogens with zero attached hydrogens (tertiary/aromatic N) is 1. The van der Waals surface area contributed by atoms with Crippen LogP contribution in [0, 0.1) is 0 Å². The van der Waals surface area contributed by atoms with Crippen molar-refractivity contribution in [3.63, 3.8) is 0 Å². The Hall–Kier alpha value is -2.20. The highest BCUT2D eigenvalue weighted by Gasteiger charge is 2.43. The molecule has 6 heteroatoms. The number of esters is 2. The predicted molar refractivity (Wildman–Crippen MR) is 77.0 cm³/mol. The van der Waals surface area contributed by atoms with Crippen LogP contribution in [-0.4, -0.2) is 29.8 Å². The van der Waals surface area contributed by atoms with E-state index in [0.717, 1.165) is 25.0 Å². The van der Waals surface area contributed by atoms with E-state index in [1.807, 2.05) is 6.92 Å². The molecule has 0 bridgehead atoms. The van der Waals surface area contributed by atoms with E-state index < -0.39 is 23.8 Å². The molecule has 0 aromatic rings. The Balaban J connectivity index is 5.48. The first-order chi connectivity index (χ1) is 9.95. The zero-order chi connectivity index (χ0) is 16.3. The van der Waals surface area contributed by atoms with Gasteiger partial charge in [-0.1, -0.05) is 32.9 Å². The molecule has 0 saturated carbocycles. The first-order valence-corrected chi connectivity index (χ1v) is 6.73. The Morgan fingerprint density at radius 2 is 1.76 bits per heavy atom. The van der Waals surface area contributed by atoms with Crippen molar-refractivity contribution in [1.29, 1.82) is 0 Å². The maximum absolute atomic E-state index is 11.5. The van der Waals surface area contributed by atoms with Gasteiger partial charge in [-0.2, -0.15) is 4.99 Å². The number of hydrogen-bond acceptors (Lipinski definition) is 6. The summed E-state index contributed by atoms with van der Waals surface area (Å²) in [7, 11) is 0. The van der Waals surface area contributed by atoms with Crippen LogP contribution in [0.2, 0.25) is 0 Å². The maximum Gasteiger partial charge on any atom is 0.333 e. The van der Waals surface area contributed by atoms with Crippen LogP contribution in [0.5, 0.6) is 0 Å². The quantitative estimate of drug-likeness (QED) is 0.154. The third kappa shape index (κ3) is 6.19. The van der Waals surface area contributed by atoms with Crippen LogP contribution in [0.25, 0.3) is 0 Å². The van der Waals surface area contributed by atoms with Crippen LogP contribution >= 0.6 is 0 Å². The lowest BCUT2D eigenvalue weighted by molar-refractivity contribution is -0.231. The van der Waals surface area contributed by atoms with Gasteiger partial charge in [-0.15, -0.1) is 0 Å². The third-order valence-electron chi connectivity index (χ3n) is 2.89. The summed E-state index contributed by atoms with van der Waals surface area (Å²) >= 11 is 0. The Morgan fingerprint density at radius 1 is 1.24 bits per heavy atom. The van der Waals surface area contributed by atoms with Crippen molar-refractivity contribution >= 4 is 18.0 Å². The van der Waals surface area contributed by atoms with Crippen LogP contribution in [0.3, 0.4) is 0 Å². The lowest BCUT2D eigenvalue weighted by Gasteiger charge is -2.34. The van der Waals surface area contributed by atoms with Crippen LogP contribution in [0.1, 0.15) is 39.5 Å². The van der Waals surface area contributed by atoms with Gasteiger partial charge >= 0.3 is 11.9 Å². The van der Waals surface area contributed by atoms with Crippen molar-refractivity contribution in [2.75, 3.05) is 0 Å². The summed E-state index contributed by atoms with van der Waals surface area (Å²) in [6.07, 6.45) is 5.90. The van der Waals surface area contributed by atoms with Gasteiger partial charge in [0.25, 0.3) is 5.79 Å². The Kier molecular flexibility index (Phi) is 8.65. The van der Waals surface area contributed by atoms with Crippen LogP contribution in [0.15, 0.2) is 30.3 Å². The van der Waals surface area contributed by atoms with E-state index in [2.05, 4.69) is 18.2 Å². The molecule has 0 aliphatic carbocycles. The zero-order valence-electron chi connectivity index (χ0n) is 12.5. The minimum atomic E-state index is -1.66. The number of rotatable bonds is 10. The summed E-state index contributed by atoms with van der Waals surface area (Å²) in [5.41, 5.74) is 0. The average molecular weight is 295 g/mol. The summed E-state index contributed by atoms with van der Waals surface area (Å²) < 4.78 is 10.4. The molecule has 0 fully saturated rings. The standard InChI is InChI=1S/C15H21NO5/c1-5-8-9-10-15(12(4)16-11-17,20-13(18)6-2)21-14(19)7-3/h6-7,12H,2-3,5,8-10H2,1,4H3. The fourth-order valence-electron chi connectivity index (χ4n) is 1.73. The number of isocyanates is 1. The second-order valence-corrected chi connectivity index (χ2v) is 4.42. The van der Waals surface area contributed by atoms with E-state index in [0.29, 0.717) is 6.42 Å². The molecule has 21 heavy (non-hydrogen) atoms. The molecule has 0 aliphatic rings. The van der Waals surface area contributed by atoms with Crippen LogP contribution in [-0.2, 0) is 23.9 Å². The van der Waals surface area contributed by atoms with E-state index >= 15 is 0 Å². The van der Waals surface area contributed by atoms with E-state index in [9.17, 15) is 14.4 Å². The van der Waals surface area contributed by atoms with E-state index in [-0.39, 0.29) is 6.42 Å². The highest BCUT2D eigenvalue weighted by atomic mass is 16.7. The fraction of sp³-hybridized carbons (Fsp3) is 0.533. The lowest BCUT2D eigenvalue weighted by Crippen LogP contribution is -2.47. The minimum Gasteiger partial charge on any atom is -0.417 e. The van der Waals surface area contributed by atoms with Gasteiger partial charge in [0.1, 0.15) is 6.04 Å². The molecular weight excluding hydrogens is 274 g/mol. The molecule has 0 aromatic carbocycles. The number of ether oxygens (including phenoxy) is 2. The molecule has 1 unspecified atom stereocenters. The van der Waals surface area contributed by atoms with Gasteiger partial charge in [0.05, 0.1) is 0 Å².